The Balaban J connectivity index is 2.33. The molecule has 0 aromatic heterocycles. The highest BCUT2D eigenvalue weighted by molar-refractivity contribution is 9.10. The first kappa shape index (κ1) is 13.5. The Hall–Kier alpha value is -0.940. The summed E-state index contributed by atoms with van der Waals surface area (Å²) in [4.78, 5) is 14.2. The van der Waals surface area contributed by atoms with Crippen LogP contribution in [0.1, 0.15) is 24.2 Å². The molecular weight excluding hydrogens is 299 g/mol. The van der Waals surface area contributed by atoms with Crippen molar-refractivity contribution >= 4 is 21.8 Å². The van der Waals surface area contributed by atoms with Crippen LogP contribution in [0.25, 0.3) is 0 Å². The fourth-order valence-corrected chi connectivity index (χ4v) is 2.53. The Kier molecular flexibility index (Phi) is 3.73. The fraction of sp³-hybridized carbons (Fsp3) is 0.462. The number of hydrogen-bond donors (Lipinski definition) is 1. The van der Waals surface area contributed by atoms with Crippen LogP contribution in [0.5, 0.6) is 0 Å². The molecule has 0 saturated carbocycles. The molecule has 1 aliphatic heterocycles. The molecule has 1 amide bonds. The molecule has 0 unspecified atom stereocenters. The van der Waals surface area contributed by atoms with Gasteiger partial charge in [0.05, 0.1) is 11.1 Å². The van der Waals surface area contributed by atoms with Gasteiger partial charge in [-0.2, -0.15) is 0 Å². The molecular formula is C13H16BrFN2O. The minimum Gasteiger partial charge on any atom is -0.331 e. The SMILES string of the molecule is CC1(C)CNCCN1C(=O)c1cc(Br)ccc1F. The predicted octanol–water partition coefficient (Wildman–Crippen LogP) is 2.41. The van der Waals surface area contributed by atoms with Crippen molar-refractivity contribution in [2.45, 2.75) is 19.4 Å². The summed E-state index contributed by atoms with van der Waals surface area (Å²) >= 11 is 3.27. The molecule has 0 aliphatic carbocycles. The summed E-state index contributed by atoms with van der Waals surface area (Å²) in [7, 11) is 0. The predicted molar refractivity (Wildman–Crippen MR) is 72.1 cm³/mol. The zero-order valence-electron chi connectivity index (χ0n) is 10.5. The third kappa shape index (κ3) is 2.57. The second-order valence-corrected chi connectivity index (χ2v) is 5.99. The molecule has 1 aliphatic rings. The molecule has 3 nitrogen and oxygen atoms in total. The number of hydrogen-bond acceptors (Lipinski definition) is 2. The van der Waals surface area contributed by atoms with Crippen LogP contribution in [0.3, 0.4) is 0 Å². The van der Waals surface area contributed by atoms with Crippen LogP contribution in [0.15, 0.2) is 22.7 Å². The third-order valence-corrected chi connectivity index (χ3v) is 3.70. The van der Waals surface area contributed by atoms with E-state index in [9.17, 15) is 9.18 Å². The minimum atomic E-state index is -0.475. The molecule has 1 saturated heterocycles. The molecule has 98 valence electrons. The average molecular weight is 315 g/mol. The average Bonchev–Trinajstić information content (AvgIpc) is 2.31. The number of benzene rings is 1. The Morgan fingerprint density at radius 3 is 2.89 bits per heavy atom. The first-order chi connectivity index (χ1) is 8.42. The van der Waals surface area contributed by atoms with Gasteiger partial charge in [-0.3, -0.25) is 4.79 Å². The van der Waals surface area contributed by atoms with Gasteiger partial charge in [0.15, 0.2) is 0 Å². The summed E-state index contributed by atoms with van der Waals surface area (Å²) in [6, 6.07) is 4.44. The largest absolute Gasteiger partial charge is 0.331 e. The minimum absolute atomic E-state index is 0.124. The topological polar surface area (TPSA) is 32.3 Å². The molecule has 0 bridgehead atoms. The van der Waals surface area contributed by atoms with E-state index in [1.165, 1.54) is 12.1 Å². The Bertz CT molecular complexity index is 476. The Labute approximate surface area is 114 Å². The lowest BCUT2D eigenvalue weighted by molar-refractivity contribution is 0.0473. The molecule has 0 radical (unpaired) electrons. The van der Waals surface area contributed by atoms with Crippen molar-refractivity contribution in [1.29, 1.82) is 0 Å². The van der Waals surface area contributed by atoms with Gasteiger partial charge in [-0.1, -0.05) is 15.9 Å². The lowest BCUT2D eigenvalue weighted by Crippen LogP contribution is -2.59. The van der Waals surface area contributed by atoms with E-state index >= 15 is 0 Å². The molecule has 5 heteroatoms. The molecule has 1 aromatic rings. The van der Waals surface area contributed by atoms with Crippen LogP contribution in [-0.4, -0.2) is 36.0 Å². The highest BCUT2D eigenvalue weighted by Gasteiger charge is 2.34. The number of nitrogens with zero attached hydrogens (tertiary/aromatic N) is 1. The maximum atomic E-state index is 13.7. The maximum Gasteiger partial charge on any atom is 0.257 e. The second kappa shape index (κ2) is 4.97. The van der Waals surface area contributed by atoms with E-state index in [0.29, 0.717) is 17.6 Å². The van der Waals surface area contributed by atoms with Gasteiger partial charge in [0.2, 0.25) is 0 Å². The normalized spacial score (nSPS) is 18.8. The van der Waals surface area contributed by atoms with Crippen LogP contribution in [0.4, 0.5) is 4.39 Å². The number of carbonyl (C=O) groups is 1. The van der Waals surface area contributed by atoms with Crippen molar-refractivity contribution in [3.8, 4) is 0 Å². The van der Waals surface area contributed by atoms with Crippen molar-refractivity contribution in [2.75, 3.05) is 19.6 Å². The van der Waals surface area contributed by atoms with E-state index in [1.54, 1.807) is 11.0 Å². The van der Waals surface area contributed by atoms with E-state index in [4.69, 9.17) is 0 Å². The highest BCUT2D eigenvalue weighted by Crippen LogP contribution is 2.23. The Morgan fingerprint density at radius 1 is 1.50 bits per heavy atom. The lowest BCUT2D eigenvalue weighted by Gasteiger charge is -2.42. The number of halogens is 2. The van der Waals surface area contributed by atoms with Crippen molar-refractivity contribution < 1.29 is 9.18 Å². The molecule has 0 atom stereocenters. The molecule has 0 spiro atoms. The molecule has 1 N–H and O–H groups in total. The summed E-state index contributed by atoms with van der Waals surface area (Å²) in [5, 5.41) is 3.24. The molecule has 1 aromatic carbocycles. The highest BCUT2D eigenvalue weighted by atomic mass is 79.9. The van der Waals surface area contributed by atoms with Crippen molar-refractivity contribution in [1.82, 2.24) is 10.2 Å². The first-order valence-corrected chi connectivity index (χ1v) is 6.69. The zero-order chi connectivity index (χ0) is 13.3. The van der Waals surface area contributed by atoms with Crippen molar-refractivity contribution in [2.24, 2.45) is 0 Å². The zero-order valence-corrected chi connectivity index (χ0v) is 12.1. The summed E-state index contributed by atoms with van der Waals surface area (Å²) in [6.07, 6.45) is 0. The number of nitrogens with one attached hydrogen (secondary N) is 1. The van der Waals surface area contributed by atoms with Gasteiger partial charge in [0.1, 0.15) is 5.82 Å². The van der Waals surface area contributed by atoms with Gasteiger partial charge in [0.25, 0.3) is 5.91 Å². The van der Waals surface area contributed by atoms with Gasteiger partial charge in [-0.25, -0.2) is 4.39 Å². The van der Waals surface area contributed by atoms with Gasteiger partial charge in [-0.05, 0) is 32.0 Å². The number of carbonyl (C=O) groups excluding carboxylic acids is 1. The lowest BCUT2D eigenvalue weighted by atomic mass is 9.98. The van der Waals surface area contributed by atoms with E-state index in [-0.39, 0.29) is 17.0 Å². The monoisotopic (exact) mass is 314 g/mol. The fourth-order valence-electron chi connectivity index (χ4n) is 2.17. The summed E-state index contributed by atoms with van der Waals surface area (Å²) < 4.78 is 14.5. The standard InChI is InChI=1S/C13H16BrFN2O/c1-13(2)8-16-5-6-17(13)12(18)10-7-9(14)3-4-11(10)15/h3-4,7,16H,5-6,8H2,1-2H3. The van der Waals surface area contributed by atoms with Crippen LogP contribution in [0.2, 0.25) is 0 Å². The quantitative estimate of drug-likeness (QED) is 0.863. The number of rotatable bonds is 1. The van der Waals surface area contributed by atoms with Gasteiger partial charge in [-0.15, -0.1) is 0 Å². The first-order valence-electron chi connectivity index (χ1n) is 5.89. The van der Waals surface area contributed by atoms with Crippen LogP contribution < -0.4 is 5.32 Å². The summed E-state index contributed by atoms with van der Waals surface area (Å²) in [6.45, 7) is 6.01. The second-order valence-electron chi connectivity index (χ2n) is 5.07. The van der Waals surface area contributed by atoms with E-state index in [2.05, 4.69) is 21.2 Å². The number of amides is 1. The van der Waals surface area contributed by atoms with Gasteiger partial charge in [0, 0.05) is 24.1 Å². The number of piperazine rings is 1. The maximum absolute atomic E-state index is 13.7. The van der Waals surface area contributed by atoms with E-state index in [0.717, 1.165) is 6.54 Å². The van der Waals surface area contributed by atoms with Crippen molar-refractivity contribution in [3.05, 3.63) is 34.1 Å². The third-order valence-electron chi connectivity index (χ3n) is 3.20. The van der Waals surface area contributed by atoms with Gasteiger partial charge >= 0.3 is 0 Å². The Morgan fingerprint density at radius 2 is 2.22 bits per heavy atom. The van der Waals surface area contributed by atoms with Gasteiger partial charge < -0.3 is 10.2 Å². The summed E-state index contributed by atoms with van der Waals surface area (Å²) in [5.41, 5.74) is -0.177. The molecule has 2 rings (SSSR count). The van der Waals surface area contributed by atoms with Crippen molar-refractivity contribution in [3.63, 3.8) is 0 Å². The van der Waals surface area contributed by atoms with Crippen LogP contribution in [-0.2, 0) is 0 Å². The molecule has 18 heavy (non-hydrogen) atoms. The molecule has 1 fully saturated rings. The molecule has 1 heterocycles. The summed E-state index contributed by atoms with van der Waals surface area (Å²) in [5.74, 6) is -0.724. The smallest absolute Gasteiger partial charge is 0.257 e. The van der Waals surface area contributed by atoms with Crippen LogP contribution in [0, 0.1) is 5.82 Å². The van der Waals surface area contributed by atoms with Crippen LogP contribution >= 0.6 is 15.9 Å². The van der Waals surface area contributed by atoms with E-state index in [1.807, 2.05) is 13.8 Å². The van der Waals surface area contributed by atoms with E-state index < -0.39 is 5.82 Å².